The first kappa shape index (κ1) is 28.1. The van der Waals surface area contributed by atoms with Gasteiger partial charge >= 0.3 is 6.03 Å². The molecule has 1 fully saturated rings. The molecule has 0 aromatic heterocycles. The van der Waals surface area contributed by atoms with Gasteiger partial charge in [0.1, 0.15) is 17.9 Å². The number of barbiturate groups is 1. The fourth-order valence-electron chi connectivity index (χ4n) is 4.10. The Hall–Kier alpha value is -3.43. The van der Waals surface area contributed by atoms with Crippen LogP contribution >= 0.6 is 55.1 Å². The topological polar surface area (TPSA) is 66.9 Å². The predicted molar refractivity (Wildman–Crippen MR) is 164 cm³/mol. The molecule has 0 spiro atoms. The van der Waals surface area contributed by atoms with Gasteiger partial charge in [0.25, 0.3) is 11.8 Å². The third-order valence-corrected chi connectivity index (χ3v) is 7.76. The molecule has 5 rings (SSSR count). The third-order valence-electron chi connectivity index (χ3n) is 6.00. The summed E-state index contributed by atoms with van der Waals surface area (Å²) in [6.45, 7) is 0.185. The molecule has 0 radical (unpaired) electrons. The van der Waals surface area contributed by atoms with Crippen molar-refractivity contribution in [1.82, 2.24) is 0 Å². The molecule has 1 heterocycles. The predicted octanol–water partition coefficient (Wildman–Crippen LogP) is 8.68. The Morgan fingerprint density at radius 3 is 1.75 bits per heavy atom. The second-order valence-corrected chi connectivity index (χ2v) is 11.2. The lowest BCUT2D eigenvalue weighted by molar-refractivity contribution is -0.121. The maximum Gasteiger partial charge on any atom is 0.343 e. The molecule has 6 nitrogen and oxygen atoms in total. The number of benzene rings is 4. The number of urea groups is 1. The van der Waals surface area contributed by atoms with E-state index in [0.29, 0.717) is 41.7 Å². The summed E-state index contributed by atoms with van der Waals surface area (Å²) in [4.78, 5) is 42.7. The molecule has 1 aliphatic rings. The number of amides is 4. The van der Waals surface area contributed by atoms with Crippen molar-refractivity contribution in [3.8, 4) is 5.75 Å². The number of rotatable bonds is 6. The Bertz CT molecular complexity index is 1580. The fourth-order valence-corrected chi connectivity index (χ4v) is 6.01. The van der Waals surface area contributed by atoms with Gasteiger partial charge in [-0.1, -0.05) is 65.7 Å². The Kier molecular flexibility index (Phi) is 8.42. The van der Waals surface area contributed by atoms with Crippen LogP contribution in [0.3, 0.4) is 0 Å². The van der Waals surface area contributed by atoms with Gasteiger partial charge in [-0.25, -0.2) is 14.6 Å². The van der Waals surface area contributed by atoms with Gasteiger partial charge in [0.2, 0.25) is 0 Å². The highest BCUT2D eigenvalue weighted by molar-refractivity contribution is 9.11. The maximum atomic E-state index is 13.6. The molecule has 200 valence electrons. The standard InChI is InChI=1S/C30H18Br2Cl2N2O4/c31-24-14-18(15-25(32)27(24)40-17-19-11-12-20(33)16-26(19)34)13-23-28(37)35(21-7-3-1-4-8-21)30(39)36(29(23)38)22-9-5-2-6-10-22/h1-16H,17H2. The van der Waals surface area contributed by atoms with Gasteiger partial charge in [-0.3, -0.25) is 9.59 Å². The van der Waals surface area contributed by atoms with Gasteiger partial charge in [-0.05, 0) is 92.0 Å². The van der Waals surface area contributed by atoms with E-state index >= 15 is 0 Å². The summed E-state index contributed by atoms with van der Waals surface area (Å²) in [5, 5.41) is 1.01. The van der Waals surface area contributed by atoms with Crippen molar-refractivity contribution in [2.75, 3.05) is 9.80 Å². The lowest BCUT2D eigenvalue weighted by Crippen LogP contribution is -2.57. The van der Waals surface area contributed by atoms with Crippen LogP contribution in [-0.4, -0.2) is 17.8 Å². The third kappa shape index (κ3) is 5.71. The van der Waals surface area contributed by atoms with E-state index in [0.717, 1.165) is 15.4 Å². The second-order valence-electron chi connectivity index (χ2n) is 8.63. The molecule has 0 unspecified atom stereocenters. The number of imide groups is 2. The summed E-state index contributed by atoms with van der Waals surface area (Å²) >= 11 is 19.3. The number of hydrogen-bond donors (Lipinski definition) is 0. The highest BCUT2D eigenvalue weighted by Crippen LogP contribution is 2.37. The van der Waals surface area contributed by atoms with Gasteiger partial charge < -0.3 is 4.74 Å². The normalized spacial score (nSPS) is 13.6. The van der Waals surface area contributed by atoms with E-state index in [9.17, 15) is 14.4 Å². The molecule has 0 atom stereocenters. The molecule has 0 bridgehead atoms. The summed E-state index contributed by atoms with van der Waals surface area (Å²) in [5.74, 6) is -0.946. The number of nitrogens with zero attached hydrogens (tertiary/aromatic N) is 2. The first-order valence-corrected chi connectivity index (χ1v) is 14.2. The molecule has 0 N–H and O–H groups in total. The van der Waals surface area contributed by atoms with Gasteiger partial charge in [0, 0.05) is 15.6 Å². The molecule has 1 aliphatic heterocycles. The zero-order valence-corrected chi connectivity index (χ0v) is 25.2. The average molecular weight is 701 g/mol. The number of carbonyl (C=O) groups excluding carboxylic acids is 3. The van der Waals surface area contributed by atoms with Gasteiger partial charge in [-0.15, -0.1) is 0 Å². The molecule has 40 heavy (non-hydrogen) atoms. The van der Waals surface area contributed by atoms with Crippen LogP contribution in [0.15, 0.2) is 106 Å². The van der Waals surface area contributed by atoms with Crippen molar-refractivity contribution in [3.05, 3.63) is 127 Å². The average Bonchev–Trinajstić information content (AvgIpc) is 2.93. The molecule has 0 aliphatic carbocycles. The number of ether oxygens (including phenoxy) is 1. The smallest absolute Gasteiger partial charge is 0.343 e. The van der Waals surface area contributed by atoms with Crippen molar-refractivity contribution >= 4 is 90.4 Å². The summed E-state index contributed by atoms with van der Waals surface area (Å²) in [6, 6.07) is 24.8. The molecular formula is C30H18Br2Cl2N2O4. The highest BCUT2D eigenvalue weighted by atomic mass is 79.9. The zero-order chi connectivity index (χ0) is 28.4. The highest BCUT2D eigenvalue weighted by Gasteiger charge is 2.43. The minimum atomic E-state index is -0.753. The van der Waals surface area contributed by atoms with Crippen molar-refractivity contribution in [2.24, 2.45) is 0 Å². The lowest BCUT2D eigenvalue weighted by atomic mass is 10.0. The quantitative estimate of drug-likeness (QED) is 0.149. The summed E-state index contributed by atoms with van der Waals surface area (Å²) in [5.41, 5.74) is 1.81. The Balaban J connectivity index is 1.51. The van der Waals surface area contributed by atoms with Crippen molar-refractivity contribution in [3.63, 3.8) is 0 Å². The SMILES string of the molecule is O=C1C(=Cc2cc(Br)c(OCc3ccc(Cl)cc3Cl)c(Br)c2)C(=O)N(c2ccccc2)C(=O)N1c1ccccc1. The van der Waals surface area contributed by atoms with E-state index in [1.165, 1.54) is 6.08 Å². The Morgan fingerprint density at radius 1 is 0.725 bits per heavy atom. The van der Waals surface area contributed by atoms with E-state index in [2.05, 4.69) is 31.9 Å². The molecule has 0 saturated carbocycles. The minimum Gasteiger partial charge on any atom is -0.486 e. The zero-order valence-electron chi connectivity index (χ0n) is 20.5. The molecular weight excluding hydrogens is 683 g/mol. The minimum absolute atomic E-state index is 0.173. The summed E-state index contributed by atoms with van der Waals surface area (Å²) in [6.07, 6.45) is 1.46. The molecule has 4 aromatic carbocycles. The fraction of sp³-hybridized carbons (Fsp3) is 0.0333. The van der Waals surface area contributed by atoms with E-state index in [1.54, 1.807) is 91.0 Å². The van der Waals surface area contributed by atoms with Crippen LogP contribution < -0.4 is 14.5 Å². The lowest BCUT2D eigenvalue weighted by Gasteiger charge is -2.34. The second kappa shape index (κ2) is 12.0. The van der Waals surface area contributed by atoms with Crippen LogP contribution in [0.5, 0.6) is 5.75 Å². The molecule has 4 aromatic rings. The van der Waals surface area contributed by atoms with Crippen LogP contribution in [0.25, 0.3) is 6.08 Å². The van der Waals surface area contributed by atoms with Crippen LogP contribution in [0.1, 0.15) is 11.1 Å². The van der Waals surface area contributed by atoms with Gasteiger partial charge in [0.15, 0.2) is 0 Å². The number of para-hydroxylation sites is 2. The van der Waals surface area contributed by atoms with Crippen LogP contribution in [-0.2, 0) is 16.2 Å². The Labute approximate surface area is 257 Å². The van der Waals surface area contributed by atoms with Gasteiger partial charge in [-0.2, -0.15) is 0 Å². The first-order chi connectivity index (χ1) is 19.2. The van der Waals surface area contributed by atoms with Crippen molar-refractivity contribution < 1.29 is 19.1 Å². The van der Waals surface area contributed by atoms with E-state index < -0.39 is 17.8 Å². The van der Waals surface area contributed by atoms with Crippen molar-refractivity contribution in [1.29, 1.82) is 0 Å². The van der Waals surface area contributed by atoms with E-state index in [1.807, 2.05) is 0 Å². The monoisotopic (exact) mass is 698 g/mol. The van der Waals surface area contributed by atoms with Crippen LogP contribution in [0.2, 0.25) is 10.0 Å². The first-order valence-electron chi connectivity index (χ1n) is 11.8. The summed E-state index contributed by atoms with van der Waals surface area (Å²) < 4.78 is 7.14. The summed E-state index contributed by atoms with van der Waals surface area (Å²) in [7, 11) is 0. The number of halogens is 4. The van der Waals surface area contributed by atoms with Crippen LogP contribution in [0, 0.1) is 0 Å². The van der Waals surface area contributed by atoms with E-state index in [-0.39, 0.29) is 12.2 Å². The molecule has 10 heteroatoms. The van der Waals surface area contributed by atoms with Crippen LogP contribution in [0.4, 0.5) is 16.2 Å². The maximum absolute atomic E-state index is 13.6. The molecule has 4 amide bonds. The number of carbonyl (C=O) groups is 3. The van der Waals surface area contributed by atoms with Gasteiger partial charge in [0.05, 0.1) is 20.3 Å². The van der Waals surface area contributed by atoms with E-state index in [4.69, 9.17) is 27.9 Å². The Morgan fingerprint density at radius 2 is 1.25 bits per heavy atom. The molecule has 1 saturated heterocycles. The largest absolute Gasteiger partial charge is 0.486 e. The number of anilines is 2. The number of hydrogen-bond acceptors (Lipinski definition) is 4. The van der Waals surface area contributed by atoms with Crippen molar-refractivity contribution in [2.45, 2.75) is 6.61 Å².